The van der Waals surface area contributed by atoms with Gasteiger partial charge in [0.15, 0.2) is 0 Å². The lowest BCUT2D eigenvalue weighted by Gasteiger charge is -2.35. The number of nitrogens with zero attached hydrogens (tertiary/aromatic N) is 1. The molecule has 0 fully saturated rings. The molecule has 1 aliphatic rings. The van der Waals surface area contributed by atoms with E-state index in [9.17, 15) is 14.0 Å². The van der Waals surface area contributed by atoms with Gasteiger partial charge >= 0.3 is 6.09 Å². The molecule has 0 radical (unpaired) electrons. The monoisotopic (exact) mass is 374 g/mol. The van der Waals surface area contributed by atoms with E-state index in [0.29, 0.717) is 24.2 Å². The van der Waals surface area contributed by atoms with Crippen molar-refractivity contribution in [3.63, 3.8) is 0 Å². The molecule has 0 unspecified atom stereocenters. The van der Waals surface area contributed by atoms with Crippen LogP contribution in [0.4, 0.5) is 14.9 Å². The number of anilines is 1. The molecule has 0 bridgehead atoms. The van der Waals surface area contributed by atoms with Crippen LogP contribution in [0.25, 0.3) is 0 Å². The topological polar surface area (TPSA) is 58.6 Å². The minimum Gasteiger partial charge on any atom is -0.453 e. The van der Waals surface area contributed by atoms with Crippen molar-refractivity contribution in [2.45, 2.75) is 17.4 Å². The molecule has 0 aromatic heterocycles. The highest BCUT2D eigenvalue weighted by Gasteiger charge is 2.37. The maximum atomic E-state index is 13.8. The summed E-state index contributed by atoms with van der Waals surface area (Å²) in [7, 11) is 1.27. The second kappa shape index (κ2) is 7.78. The number of ether oxygens (including phenoxy) is 1. The van der Waals surface area contributed by atoms with Crippen LogP contribution in [0.5, 0.6) is 0 Å². The van der Waals surface area contributed by atoms with E-state index in [-0.39, 0.29) is 0 Å². The Morgan fingerprint density at radius 2 is 2.04 bits per heavy atom. The molecule has 2 aromatic carbocycles. The largest absolute Gasteiger partial charge is 0.453 e. The zero-order chi connectivity index (χ0) is 18.7. The van der Waals surface area contributed by atoms with Crippen molar-refractivity contribution in [1.29, 1.82) is 0 Å². The summed E-state index contributed by atoms with van der Waals surface area (Å²) >= 11 is 1.50. The number of hydrogen-bond acceptors (Lipinski definition) is 4. The van der Waals surface area contributed by atoms with E-state index in [1.54, 1.807) is 12.1 Å². The molecule has 136 valence electrons. The summed E-state index contributed by atoms with van der Waals surface area (Å²) in [6, 6.07) is 10.8. The van der Waals surface area contributed by atoms with Crippen molar-refractivity contribution in [3.8, 4) is 0 Å². The van der Waals surface area contributed by atoms with E-state index < -0.39 is 23.9 Å². The molecular weight excluding hydrogens is 355 g/mol. The first-order valence-electron chi connectivity index (χ1n) is 8.12. The number of fused-ring (bicyclic) bond motifs is 1. The van der Waals surface area contributed by atoms with Crippen molar-refractivity contribution < 1.29 is 18.7 Å². The Labute approximate surface area is 155 Å². The summed E-state index contributed by atoms with van der Waals surface area (Å²) in [5.41, 5.74) is 1.99. The second-order valence-electron chi connectivity index (χ2n) is 5.85. The van der Waals surface area contributed by atoms with Crippen molar-refractivity contribution in [2.24, 2.45) is 0 Å². The average Bonchev–Trinajstić information content (AvgIpc) is 2.66. The highest BCUT2D eigenvalue weighted by atomic mass is 32.2. The molecule has 1 heterocycles. The third-order valence-electron chi connectivity index (χ3n) is 4.36. The van der Waals surface area contributed by atoms with Crippen molar-refractivity contribution in [2.75, 3.05) is 25.2 Å². The van der Waals surface area contributed by atoms with Crippen LogP contribution in [-0.4, -0.2) is 36.8 Å². The maximum Gasteiger partial charge on any atom is 0.410 e. The second-order valence-corrected chi connectivity index (χ2v) is 6.70. The predicted molar refractivity (Wildman–Crippen MR) is 98.8 cm³/mol. The Kier molecular flexibility index (Phi) is 5.46. The van der Waals surface area contributed by atoms with Gasteiger partial charge in [0.2, 0.25) is 0 Å². The Hall–Kier alpha value is -2.54. The van der Waals surface area contributed by atoms with E-state index in [1.165, 1.54) is 35.9 Å². The fourth-order valence-electron chi connectivity index (χ4n) is 3.13. The van der Waals surface area contributed by atoms with Gasteiger partial charge in [-0.05, 0) is 48.1 Å². The van der Waals surface area contributed by atoms with Crippen LogP contribution in [-0.2, 0) is 16.0 Å². The smallest absolute Gasteiger partial charge is 0.410 e. The summed E-state index contributed by atoms with van der Waals surface area (Å²) in [4.78, 5) is 27.5. The fourth-order valence-corrected chi connectivity index (χ4v) is 3.69. The fraction of sp³-hybridized carbons (Fsp3) is 0.263. The summed E-state index contributed by atoms with van der Waals surface area (Å²) < 4.78 is 18.6. The van der Waals surface area contributed by atoms with Crippen LogP contribution in [0.2, 0.25) is 0 Å². The van der Waals surface area contributed by atoms with Gasteiger partial charge < -0.3 is 10.1 Å². The van der Waals surface area contributed by atoms with Crippen LogP contribution < -0.4 is 5.32 Å². The van der Waals surface area contributed by atoms with Crippen LogP contribution in [0, 0.1) is 5.82 Å². The van der Waals surface area contributed by atoms with Gasteiger partial charge in [-0.3, -0.25) is 9.69 Å². The Bertz CT molecular complexity index is 843. The molecule has 0 spiro atoms. The minimum absolute atomic E-state index is 0.327. The number of methoxy groups -OCH3 is 1. The number of hydrogen-bond donors (Lipinski definition) is 1. The number of benzene rings is 2. The van der Waals surface area contributed by atoms with Gasteiger partial charge in [-0.25, -0.2) is 9.18 Å². The van der Waals surface area contributed by atoms with Gasteiger partial charge in [-0.1, -0.05) is 18.2 Å². The summed E-state index contributed by atoms with van der Waals surface area (Å²) in [5, 5.41) is 2.87. The predicted octanol–water partition coefficient (Wildman–Crippen LogP) is 3.85. The van der Waals surface area contributed by atoms with Crippen LogP contribution in [0.3, 0.4) is 0 Å². The lowest BCUT2D eigenvalue weighted by atomic mass is 9.92. The number of carbonyl (C=O) groups is 2. The van der Waals surface area contributed by atoms with Crippen LogP contribution >= 0.6 is 11.8 Å². The normalized spacial score (nSPS) is 16.0. The summed E-state index contributed by atoms with van der Waals surface area (Å²) in [5.74, 6) is -0.846. The molecule has 1 N–H and O–H groups in total. The molecule has 1 aliphatic heterocycles. The van der Waals surface area contributed by atoms with Crippen LogP contribution in [0.15, 0.2) is 47.4 Å². The molecule has 26 heavy (non-hydrogen) atoms. The molecule has 3 rings (SSSR count). The molecular formula is C19H19FN2O3S. The number of carbonyl (C=O) groups excluding carboxylic acids is 2. The Morgan fingerprint density at radius 3 is 2.77 bits per heavy atom. The highest BCUT2D eigenvalue weighted by Crippen LogP contribution is 2.33. The number of amides is 2. The molecule has 0 saturated heterocycles. The Balaban J connectivity index is 1.99. The van der Waals surface area contributed by atoms with E-state index >= 15 is 0 Å². The highest BCUT2D eigenvalue weighted by molar-refractivity contribution is 7.98. The molecule has 7 heteroatoms. The third kappa shape index (κ3) is 3.53. The summed E-state index contributed by atoms with van der Waals surface area (Å²) in [6.45, 7) is 0.327. The first kappa shape index (κ1) is 18.3. The molecule has 5 nitrogen and oxygen atoms in total. The van der Waals surface area contributed by atoms with Crippen molar-refractivity contribution in [1.82, 2.24) is 4.90 Å². The maximum absolute atomic E-state index is 13.8. The van der Waals surface area contributed by atoms with Crippen LogP contribution in [0.1, 0.15) is 17.2 Å². The van der Waals surface area contributed by atoms with Gasteiger partial charge in [0, 0.05) is 11.4 Å². The van der Waals surface area contributed by atoms with Gasteiger partial charge in [-0.15, -0.1) is 11.8 Å². The number of rotatable bonds is 3. The number of para-hydroxylation sites is 1. The first-order chi connectivity index (χ1) is 12.5. The quantitative estimate of drug-likeness (QED) is 0.829. The first-order valence-corrected chi connectivity index (χ1v) is 9.34. The van der Waals surface area contributed by atoms with E-state index in [0.717, 1.165) is 10.5 Å². The standard InChI is InChI=1S/C19H19FN2O3S/c1-25-19(24)22-10-9-12-7-8-13(20)11-14(12)17(22)18(23)21-15-5-3-4-6-16(15)26-2/h3-8,11,17H,9-10H2,1-2H3,(H,21,23)/t17-/m1/s1. The average molecular weight is 374 g/mol. The third-order valence-corrected chi connectivity index (χ3v) is 5.15. The molecule has 2 amide bonds. The van der Waals surface area contributed by atoms with Gasteiger partial charge in [0.25, 0.3) is 5.91 Å². The summed E-state index contributed by atoms with van der Waals surface area (Å²) in [6.07, 6.45) is 1.84. The molecule has 1 atom stereocenters. The SMILES string of the molecule is COC(=O)N1CCc2ccc(F)cc2[C@@H]1C(=O)Nc1ccccc1SC. The van der Waals surface area contributed by atoms with E-state index in [4.69, 9.17) is 4.74 Å². The zero-order valence-electron chi connectivity index (χ0n) is 14.5. The van der Waals surface area contributed by atoms with Gasteiger partial charge in [0.1, 0.15) is 11.9 Å². The zero-order valence-corrected chi connectivity index (χ0v) is 15.3. The lowest BCUT2D eigenvalue weighted by Crippen LogP contribution is -2.45. The molecule has 2 aromatic rings. The molecule has 0 aliphatic carbocycles. The minimum atomic E-state index is -0.947. The van der Waals surface area contributed by atoms with Gasteiger partial charge in [-0.2, -0.15) is 0 Å². The number of thioether (sulfide) groups is 1. The van der Waals surface area contributed by atoms with Gasteiger partial charge in [0.05, 0.1) is 12.8 Å². The number of halogens is 1. The molecule has 0 saturated carbocycles. The van der Waals surface area contributed by atoms with Crippen molar-refractivity contribution >= 4 is 29.4 Å². The van der Waals surface area contributed by atoms with Crippen molar-refractivity contribution in [3.05, 3.63) is 59.4 Å². The number of nitrogens with one attached hydrogen (secondary N) is 1. The Morgan fingerprint density at radius 1 is 1.27 bits per heavy atom. The van der Waals surface area contributed by atoms with E-state index in [1.807, 2.05) is 24.5 Å². The lowest BCUT2D eigenvalue weighted by molar-refractivity contribution is -0.121. The van der Waals surface area contributed by atoms with E-state index in [2.05, 4.69) is 5.32 Å².